The first-order chi connectivity index (χ1) is 5.33. The molecule has 0 saturated heterocycles. The van der Waals surface area contributed by atoms with Crippen LogP contribution in [0.1, 0.15) is 39.5 Å². The maximum absolute atomic E-state index is 3.50. The van der Waals surface area contributed by atoms with E-state index in [1.807, 2.05) is 0 Å². The summed E-state index contributed by atoms with van der Waals surface area (Å²) in [4.78, 5) is 0. The molecule has 0 aromatic rings. The fourth-order valence-corrected chi connectivity index (χ4v) is 1.99. The Morgan fingerprint density at radius 2 is 2.18 bits per heavy atom. The first-order valence-electron chi connectivity index (χ1n) is 5.03. The Hall–Kier alpha value is -0.0400. The Bertz CT molecular complexity index is 101. The van der Waals surface area contributed by atoms with Crippen molar-refractivity contribution in [3.05, 3.63) is 0 Å². The molecule has 0 aliphatic heterocycles. The van der Waals surface area contributed by atoms with Crippen LogP contribution in [-0.4, -0.2) is 13.1 Å². The second-order valence-corrected chi connectivity index (χ2v) is 3.99. The number of rotatable bonds is 4. The van der Waals surface area contributed by atoms with Gasteiger partial charge >= 0.3 is 0 Å². The lowest BCUT2D eigenvalue weighted by Gasteiger charge is -2.09. The van der Waals surface area contributed by atoms with E-state index in [0.29, 0.717) is 0 Å². The van der Waals surface area contributed by atoms with Gasteiger partial charge in [-0.1, -0.05) is 20.3 Å². The van der Waals surface area contributed by atoms with Crippen LogP contribution in [0.15, 0.2) is 0 Å². The van der Waals surface area contributed by atoms with Crippen molar-refractivity contribution in [3.63, 3.8) is 0 Å². The minimum Gasteiger partial charge on any atom is -0.316 e. The molecule has 1 aliphatic carbocycles. The third-order valence-corrected chi connectivity index (χ3v) is 2.66. The average Bonchev–Trinajstić information content (AvgIpc) is 2.37. The van der Waals surface area contributed by atoms with Gasteiger partial charge in [-0.15, -0.1) is 0 Å². The molecule has 0 radical (unpaired) electrons. The summed E-state index contributed by atoms with van der Waals surface area (Å²) in [7, 11) is 0. The van der Waals surface area contributed by atoms with Crippen molar-refractivity contribution in [2.45, 2.75) is 39.5 Å². The Balaban J connectivity index is 1.99. The van der Waals surface area contributed by atoms with Crippen molar-refractivity contribution in [2.24, 2.45) is 11.8 Å². The highest BCUT2D eigenvalue weighted by Crippen LogP contribution is 2.29. The molecule has 2 atom stereocenters. The maximum Gasteiger partial charge on any atom is -0.00204 e. The molecule has 0 bridgehead atoms. The van der Waals surface area contributed by atoms with Gasteiger partial charge in [0.1, 0.15) is 0 Å². The molecule has 66 valence electrons. The molecule has 1 fully saturated rings. The van der Waals surface area contributed by atoms with Crippen molar-refractivity contribution in [3.8, 4) is 0 Å². The summed E-state index contributed by atoms with van der Waals surface area (Å²) < 4.78 is 0. The van der Waals surface area contributed by atoms with Crippen LogP contribution >= 0.6 is 0 Å². The highest BCUT2D eigenvalue weighted by molar-refractivity contribution is 4.74. The Morgan fingerprint density at radius 1 is 1.36 bits per heavy atom. The molecule has 0 heterocycles. The van der Waals surface area contributed by atoms with Crippen LogP contribution in [0.25, 0.3) is 0 Å². The summed E-state index contributed by atoms with van der Waals surface area (Å²) in [5, 5.41) is 3.50. The van der Waals surface area contributed by atoms with Gasteiger partial charge < -0.3 is 5.32 Å². The van der Waals surface area contributed by atoms with Gasteiger partial charge in [0.2, 0.25) is 0 Å². The minimum absolute atomic E-state index is 0.983. The van der Waals surface area contributed by atoms with Gasteiger partial charge in [-0.3, -0.25) is 0 Å². The summed E-state index contributed by atoms with van der Waals surface area (Å²) in [5.41, 5.74) is 0. The third-order valence-electron chi connectivity index (χ3n) is 2.66. The molecule has 1 rings (SSSR count). The van der Waals surface area contributed by atoms with Gasteiger partial charge in [-0.25, -0.2) is 0 Å². The molecule has 1 aliphatic rings. The first kappa shape index (κ1) is 9.05. The van der Waals surface area contributed by atoms with Gasteiger partial charge in [-0.2, -0.15) is 0 Å². The third kappa shape index (κ3) is 3.24. The zero-order valence-corrected chi connectivity index (χ0v) is 7.90. The standard InChI is InChI=1S/C10H21N/c1-3-6-11-8-10-5-4-9(2)7-10/h9-11H,3-8H2,1-2H3. The van der Waals surface area contributed by atoms with Crippen molar-refractivity contribution < 1.29 is 0 Å². The molecule has 1 saturated carbocycles. The molecule has 1 N–H and O–H groups in total. The maximum atomic E-state index is 3.50. The zero-order valence-electron chi connectivity index (χ0n) is 7.90. The topological polar surface area (TPSA) is 12.0 Å². The second-order valence-electron chi connectivity index (χ2n) is 3.99. The predicted octanol–water partition coefficient (Wildman–Crippen LogP) is 2.42. The molecular formula is C10H21N. The highest BCUT2D eigenvalue weighted by atomic mass is 14.9. The molecular weight excluding hydrogens is 134 g/mol. The van der Waals surface area contributed by atoms with Gasteiger partial charge in [0.25, 0.3) is 0 Å². The van der Waals surface area contributed by atoms with E-state index in [1.54, 1.807) is 0 Å². The smallest absolute Gasteiger partial charge is 0.00204 e. The van der Waals surface area contributed by atoms with Crippen molar-refractivity contribution in [1.29, 1.82) is 0 Å². The van der Waals surface area contributed by atoms with E-state index in [1.165, 1.54) is 38.8 Å². The van der Waals surface area contributed by atoms with Crippen LogP contribution < -0.4 is 5.32 Å². The fourth-order valence-electron chi connectivity index (χ4n) is 1.99. The summed E-state index contributed by atoms with van der Waals surface area (Å²) >= 11 is 0. The van der Waals surface area contributed by atoms with Crippen LogP contribution in [0.5, 0.6) is 0 Å². The lowest BCUT2D eigenvalue weighted by atomic mass is 10.1. The van der Waals surface area contributed by atoms with Crippen LogP contribution in [0.4, 0.5) is 0 Å². The summed E-state index contributed by atoms with van der Waals surface area (Å²) in [6.45, 7) is 7.06. The quantitative estimate of drug-likeness (QED) is 0.615. The number of nitrogens with one attached hydrogen (secondary N) is 1. The second kappa shape index (κ2) is 4.76. The average molecular weight is 155 g/mol. The van der Waals surface area contributed by atoms with Crippen LogP contribution in [0.2, 0.25) is 0 Å². The van der Waals surface area contributed by atoms with E-state index < -0.39 is 0 Å². The fraction of sp³-hybridized carbons (Fsp3) is 1.00. The SMILES string of the molecule is CCCNCC1CCC(C)C1. The first-order valence-corrected chi connectivity index (χ1v) is 5.03. The molecule has 11 heavy (non-hydrogen) atoms. The molecule has 0 spiro atoms. The van der Waals surface area contributed by atoms with Gasteiger partial charge in [0.05, 0.1) is 0 Å². The van der Waals surface area contributed by atoms with Crippen LogP contribution in [0.3, 0.4) is 0 Å². The van der Waals surface area contributed by atoms with E-state index in [2.05, 4.69) is 19.2 Å². The van der Waals surface area contributed by atoms with E-state index in [-0.39, 0.29) is 0 Å². The van der Waals surface area contributed by atoms with Crippen LogP contribution in [0, 0.1) is 11.8 Å². The zero-order chi connectivity index (χ0) is 8.10. The van der Waals surface area contributed by atoms with Crippen molar-refractivity contribution >= 4 is 0 Å². The molecule has 0 aromatic heterocycles. The summed E-state index contributed by atoms with van der Waals surface area (Å²) in [6.07, 6.45) is 5.63. The van der Waals surface area contributed by atoms with Gasteiger partial charge in [-0.05, 0) is 44.2 Å². The highest BCUT2D eigenvalue weighted by Gasteiger charge is 2.20. The molecule has 1 nitrogen and oxygen atoms in total. The molecule has 0 amide bonds. The summed E-state index contributed by atoms with van der Waals surface area (Å²) in [6, 6.07) is 0. The summed E-state index contributed by atoms with van der Waals surface area (Å²) in [5.74, 6) is 1.97. The number of hydrogen-bond donors (Lipinski definition) is 1. The van der Waals surface area contributed by atoms with Crippen molar-refractivity contribution in [1.82, 2.24) is 5.32 Å². The molecule has 0 aromatic carbocycles. The largest absolute Gasteiger partial charge is 0.316 e. The molecule has 1 heteroatoms. The normalized spacial score (nSPS) is 31.1. The Morgan fingerprint density at radius 3 is 2.73 bits per heavy atom. The lowest BCUT2D eigenvalue weighted by molar-refractivity contribution is 0.471. The number of hydrogen-bond acceptors (Lipinski definition) is 1. The Kier molecular flexibility index (Phi) is 3.92. The van der Waals surface area contributed by atoms with E-state index in [9.17, 15) is 0 Å². The minimum atomic E-state index is 0.983. The van der Waals surface area contributed by atoms with Gasteiger partial charge in [0, 0.05) is 0 Å². The van der Waals surface area contributed by atoms with E-state index in [0.717, 1.165) is 11.8 Å². The van der Waals surface area contributed by atoms with E-state index in [4.69, 9.17) is 0 Å². The van der Waals surface area contributed by atoms with Crippen molar-refractivity contribution in [2.75, 3.05) is 13.1 Å². The lowest BCUT2D eigenvalue weighted by Crippen LogP contribution is -2.21. The van der Waals surface area contributed by atoms with Gasteiger partial charge in [0.15, 0.2) is 0 Å². The monoisotopic (exact) mass is 155 g/mol. The predicted molar refractivity (Wildman–Crippen MR) is 49.7 cm³/mol. The Labute approximate surface area is 70.6 Å². The van der Waals surface area contributed by atoms with E-state index >= 15 is 0 Å². The molecule has 2 unspecified atom stereocenters. The van der Waals surface area contributed by atoms with Crippen LogP contribution in [-0.2, 0) is 0 Å².